The molecule has 29 heavy (non-hydrogen) atoms. The second kappa shape index (κ2) is 8.44. The molecule has 4 nitrogen and oxygen atoms in total. The number of phosphoric acid groups is 1. The minimum Gasteiger partial charge on any atom is -0.395 e. The largest absolute Gasteiger partial charge is 0.584 e. The number of hydrogen-bond acceptors (Lipinski definition) is 3. The molecule has 0 heterocycles. The summed E-state index contributed by atoms with van der Waals surface area (Å²) in [6.45, 7) is 8.44. The highest BCUT2D eigenvalue weighted by molar-refractivity contribution is 7.48. The van der Waals surface area contributed by atoms with E-state index in [0.717, 1.165) is 11.1 Å². The lowest BCUT2D eigenvalue weighted by Gasteiger charge is -2.26. The van der Waals surface area contributed by atoms with Crippen molar-refractivity contribution in [2.75, 3.05) is 0 Å². The summed E-state index contributed by atoms with van der Waals surface area (Å²) in [5, 5.41) is 0. The van der Waals surface area contributed by atoms with Crippen molar-refractivity contribution in [3.63, 3.8) is 0 Å². The van der Waals surface area contributed by atoms with Crippen LogP contribution in [0.2, 0.25) is 0 Å². The molecule has 0 spiro atoms. The highest BCUT2D eigenvalue weighted by atomic mass is 31.2. The van der Waals surface area contributed by atoms with Crippen LogP contribution in [0.3, 0.4) is 0 Å². The fourth-order valence-electron chi connectivity index (χ4n) is 3.15. The van der Waals surface area contributed by atoms with Gasteiger partial charge in [0, 0.05) is 5.41 Å². The Balaban J connectivity index is 1.70. The molecule has 1 atom stereocenters. The van der Waals surface area contributed by atoms with Crippen molar-refractivity contribution in [3.05, 3.63) is 95.6 Å². The maximum absolute atomic E-state index is 12.4. The monoisotopic (exact) mass is 410 g/mol. The first-order valence-electron chi connectivity index (χ1n) is 9.65. The maximum Gasteiger partial charge on any atom is 0.584 e. The van der Waals surface area contributed by atoms with Crippen molar-refractivity contribution in [2.45, 2.75) is 39.0 Å². The van der Waals surface area contributed by atoms with Crippen LogP contribution in [0, 0.1) is 0 Å². The normalized spacial score (nSPS) is 13.7. The van der Waals surface area contributed by atoms with Crippen LogP contribution in [0.15, 0.2) is 78.9 Å². The molecule has 0 radical (unpaired) electrons. The fourth-order valence-corrected chi connectivity index (χ4v) is 3.97. The zero-order valence-electron chi connectivity index (χ0n) is 17.2. The second-order valence-corrected chi connectivity index (χ2v) is 9.19. The standard InChI is InChI=1S/C24H27O4P/c1-18(2)19-10-14-22(15-11-19)27-29(25,26)28-23-16-12-21(13-17-23)24(3,4)20-8-6-5-7-9-20/h5-18H,1-4H3,(H,25,26). The zero-order valence-corrected chi connectivity index (χ0v) is 18.1. The number of rotatable bonds is 7. The molecule has 0 fully saturated rings. The third kappa shape index (κ3) is 5.29. The Morgan fingerprint density at radius 3 is 1.69 bits per heavy atom. The van der Waals surface area contributed by atoms with E-state index in [-0.39, 0.29) is 11.2 Å². The summed E-state index contributed by atoms with van der Waals surface area (Å²) in [6, 6.07) is 24.5. The summed E-state index contributed by atoms with van der Waals surface area (Å²) in [5.41, 5.74) is 3.20. The van der Waals surface area contributed by atoms with E-state index in [1.54, 1.807) is 24.3 Å². The molecule has 0 aromatic heterocycles. The molecule has 0 bridgehead atoms. The molecule has 0 aliphatic heterocycles. The van der Waals surface area contributed by atoms with E-state index in [4.69, 9.17) is 9.05 Å². The molecule has 3 aromatic carbocycles. The van der Waals surface area contributed by atoms with Gasteiger partial charge in [-0.25, -0.2) is 4.57 Å². The topological polar surface area (TPSA) is 55.8 Å². The third-order valence-corrected chi connectivity index (χ3v) is 5.94. The predicted octanol–water partition coefficient (Wildman–Crippen LogP) is 6.69. The van der Waals surface area contributed by atoms with Crippen LogP contribution >= 0.6 is 7.82 Å². The Labute approximate surface area is 172 Å². The molecular weight excluding hydrogens is 383 g/mol. The van der Waals surface area contributed by atoms with E-state index in [0.29, 0.717) is 11.7 Å². The van der Waals surface area contributed by atoms with Gasteiger partial charge in [-0.15, -0.1) is 0 Å². The first-order chi connectivity index (χ1) is 13.7. The highest BCUT2D eigenvalue weighted by Crippen LogP contribution is 2.45. The molecule has 1 unspecified atom stereocenters. The van der Waals surface area contributed by atoms with Gasteiger partial charge >= 0.3 is 7.82 Å². The average molecular weight is 410 g/mol. The zero-order chi connectivity index (χ0) is 21.1. The van der Waals surface area contributed by atoms with Gasteiger partial charge in [-0.05, 0) is 46.9 Å². The molecule has 3 aromatic rings. The third-order valence-electron chi connectivity index (χ3n) is 5.06. The Kier molecular flexibility index (Phi) is 6.16. The van der Waals surface area contributed by atoms with Gasteiger partial charge in [0.15, 0.2) is 0 Å². The summed E-state index contributed by atoms with van der Waals surface area (Å²) in [7, 11) is -4.29. The van der Waals surface area contributed by atoms with Crippen LogP contribution in [0.1, 0.15) is 50.3 Å². The van der Waals surface area contributed by atoms with Crippen molar-refractivity contribution in [3.8, 4) is 11.5 Å². The van der Waals surface area contributed by atoms with Gasteiger partial charge in [-0.2, -0.15) is 0 Å². The minimum absolute atomic E-state index is 0.197. The molecule has 0 amide bonds. The quantitative estimate of drug-likeness (QED) is 0.441. The summed E-state index contributed by atoms with van der Waals surface area (Å²) in [4.78, 5) is 10.1. The lowest BCUT2D eigenvalue weighted by molar-refractivity contribution is 0.291. The Bertz CT molecular complexity index is 978. The highest BCUT2D eigenvalue weighted by Gasteiger charge is 2.26. The van der Waals surface area contributed by atoms with Gasteiger partial charge in [0.1, 0.15) is 11.5 Å². The summed E-state index contributed by atoms with van der Waals surface area (Å²) in [5.74, 6) is 0.948. The molecule has 0 saturated heterocycles. The molecule has 0 saturated carbocycles. The van der Waals surface area contributed by atoms with Crippen LogP contribution < -0.4 is 9.05 Å². The first kappa shape index (κ1) is 21.2. The van der Waals surface area contributed by atoms with Crippen LogP contribution in [-0.4, -0.2) is 4.89 Å². The average Bonchev–Trinajstić information content (AvgIpc) is 2.69. The van der Waals surface area contributed by atoms with E-state index < -0.39 is 7.82 Å². The molecule has 3 rings (SSSR count). The van der Waals surface area contributed by atoms with Gasteiger partial charge in [-0.3, -0.25) is 4.89 Å². The maximum atomic E-state index is 12.4. The van der Waals surface area contributed by atoms with Crippen molar-refractivity contribution in [1.29, 1.82) is 0 Å². The van der Waals surface area contributed by atoms with E-state index >= 15 is 0 Å². The number of phosphoric ester groups is 1. The Morgan fingerprint density at radius 1 is 0.759 bits per heavy atom. The summed E-state index contributed by atoms with van der Waals surface area (Å²) >= 11 is 0. The molecule has 5 heteroatoms. The Morgan fingerprint density at radius 2 is 1.21 bits per heavy atom. The van der Waals surface area contributed by atoms with Gasteiger partial charge in [-0.1, -0.05) is 82.3 Å². The van der Waals surface area contributed by atoms with Gasteiger partial charge in [0.25, 0.3) is 0 Å². The lowest BCUT2D eigenvalue weighted by Crippen LogP contribution is -2.18. The molecular formula is C24H27O4P. The van der Waals surface area contributed by atoms with E-state index in [2.05, 4.69) is 39.8 Å². The first-order valence-corrected chi connectivity index (χ1v) is 11.1. The fraction of sp³-hybridized carbons (Fsp3) is 0.250. The SMILES string of the molecule is CC(C)c1ccc(OP(=O)(O)Oc2ccc(C(C)(C)c3ccccc3)cc2)cc1. The van der Waals surface area contributed by atoms with E-state index in [9.17, 15) is 9.46 Å². The van der Waals surface area contributed by atoms with E-state index in [1.165, 1.54) is 5.56 Å². The smallest absolute Gasteiger partial charge is 0.395 e. The molecule has 152 valence electrons. The lowest BCUT2D eigenvalue weighted by atomic mass is 9.78. The van der Waals surface area contributed by atoms with Crippen LogP contribution in [0.4, 0.5) is 0 Å². The summed E-state index contributed by atoms with van der Waals surface area (Å²) < 4.78 is 22.8. The number of benzene rings is 3. The van der Waals surface area contributed by atoms with Crippen molar-refractivity contribution in [2.24, 2.45) is 0 Å². The summed E-state index contributed by atoms with van der Waals surface area (Å²) in [6.07, 6.45) is 0. The van der Waals surface area contributed by atoms with Gasteiger partial charge in [0.2, 0.25) is 0 Å². The van der Waals surface area contributed by atoms with Crippen molar-refractivity contribution in [1.82, 2.24) is 0 Å². The molecule has 0 aliphatic carbocycles. The number of hydrogen-bond donors (Lipinski definition) is 1. The van der Waals surface area contributed by atoms with Crippen molar-refractivity contribution < 1.29 is 18.5 Å². The predicted molar refractivity (Wildman–Crippen MR) is 117 cm³/mol. The van der Waals surface area contributed by atoms with Crippen LogP contribution in [0.25, 0.3) is 0 Å². The van der Waals surface area contributed by atoms with E-state index in [1.807, 2.05) is 42.5 Å². The van der Waals surface area contributed by atoms with Crippen LogP contribution in [0.5, 0.6) is 11.5 Å². The minimum atomic E-state index is -4.29. The molecule has 0 aliphatic rings. The van der Waals surface area contributed by atoms with Gasteiger partial charge < -0.3 is 9.05 Å². The van der Waals surface area contributed by atoms with Gasteiger partial charge in [0.05, 0.1) is 0 Å². The van der Waals surface area contributed by atoms with Crippen molar-refractivity contribution >= 4 is 7.82 Å². The van der Waals surface area contributed by atoms with Crippen LogP contribution in [-0.2, 0) is 9.98 Å². The molecule has 1 N–H and O–H groups in total. The second-order valence-electron chi connectivity index (χ2n) is 7.89. The Hall–Kier alpha value is -2.55.